The Morgan fingerprint density at radius 1 is 1.32 bits per heavy atom. The van der Waals surface area contributed by atoms with Crippen molar-refractivity contribution < 1.29 is 9.53 Å². The van der Waals surface area contributed by atoms with Crippen LogP contribution in [0.15, 0.2) is 40.8 Å². The number of hydrogen-bond acceptors (Lipinski definition) is 4. The molecule has 0 spiro atoms. The Kier molecular flexibility index (Phi) is 8.31. The fraction of sp³-hybridized carbons (Fsp3) is 0.444. The number of nitrogens with two attached hydrogens (primary N) is 1. The van der Waals surface area contributed by atoms with Gasteiger partial charge in [-0.2, -0.15) is 4.99 Å². The lowest BCUT2D eigenvalue weighted by Gasteiger charge is -2.17. The summed E-state index contributed by atoms with van der Waals surface area (Å²) in [6.07, 6.45) is 8.09. The summed E-state index contributed by atoms with van der Waals surface area (Å²) in [5.41, 5.74) is 12.2. The first-order valence-electron chi connectivity index (χ1n) is 11.9. The molecular weight excluding hydrogens is 444 g/mol. The van der Waals surface area contributed by atoms with Crippen LogP contribution in [-0.2, 0) is 11.3 Å². The van der Waals surface area contributed by atoms with Crippen molar-refractivity contribution >= 4 is 39.9 Å². The van der Waals surface area contributed by atoms with Gasteiger partial charge in [0.15, 0.2) is 0 Å². The molecule has 2 N–H and O–H groups in total. The minimum atomic E-state index is -0.678. The Morgan fingerprint density at radius 2 is 2.09 bits per heavy atom. The maximum absolute atomic E-state index is 12.0. The summed E-state index contributed by atoms with van der Waals surface area (Å²) in [5.74, 6) is 0.167. The number of amidine groups is 1. The van der Waals surface area contributed by atoms with Gasteiger partial charge >= 0.3 is 6.09 Å². The highest BCUT2D eigenvalue weighted by Gasteiger charge is 2.19. The summed E-state index contributed by atoms with van der Waals surface area (Å²) in [6.45, 7) is 12.6. The molecule has 182 valence electrons. The van der Waals surface area contributed by atoms with E-state index in [-0.39, 0.29) is 5.84 Å². The number of thiophene rings is 1. The molecule has 0 atom stereocenters. The minimum absolute atomic E-state index is 0.167. The van der Waals surface area contributed by atoms with Crippen molar-refractivity contribution in [3.05, 3.63) is 57.6 Å². The molecule has 3 aromatic rings. The van der Waals surface area contributed by atoms with E-state index in [1.807, 2.05) is 23.7 Å². The lowest BCUT2D eigenvalue weighted by molar-refractivity contribution is 0.0604. The summed E-state index contributed by atoms with van der Waals surface area (Å²) in [7, 11) is 0. The summed E-state index contributed by atoms with van der Waals surface area (Å²) < 4.78 is 7.56. The lowest BCUT2D eigenvalue weighted by atomic mass is 9.99. The van der Waals surface area contributed by atoms with Crippen LogP contribution in [0.3, 0.4) is 0 Å². The highest BCUT2D eigenvalue weighted by molar-refractivity contribution is 7.10. The maximum Gasteiger partial charge on any atom is 0.436 e. The Balaban J connectivity index is 1.90. The van der Waals surface area contributed by atoms with Gasteiger partial charge in [-0.25, -0.2) is 4.79 Å². The van der Waals surface area contributed by atoms with E-state index in [1.165, 1.54) is 36.1 Å². The van der Waals surface area contributed by atoms with Crippen LogP contribution in [0.1, 0.15) is 82.0 Å². The van der Waals surface area contributed by atoms with Crippen LogP contribution in [0.25, 0.3) is 16.6 Å². The third kappa shape index (κ3) is 6.14. The summed E-state index contributed by atoms with van der Waals surface area (Å²) in [5, 5.41) is 1.93. The van der Waals surface area contributed by atoms with E-state index in [4.69, 9.17) is 15.5 Å². The van der Waals surface area contributed by atoms with Gasteiger partial charge in [0.2, 0.25) is 0 Å². The normalized spacial score (nSPS) is 13.0. The molecule has 0 bridgehead atoms. The van der Waals surface area contributed by atoms with Gasteiger partial charge in [-0.05, 0) is 71.2 Å². The molecule has 3 aromatic heterocycles. The van der Waals surface area contributed by atoms with Crippen LogP contribution >= 0.6 is 11.3 Å². The first kappa shape index (κ1) is 25.7. The van der Waals surface area contributed by atoms with Crippen molar-refractivity contribution in [3.63, 3.8) is 0 Å². The van der Waals surface area contributed by atoms with Crippen LogP contribution < -0.4 is 5.73 Å². The largest absolute Gasteiger partial charge is 0.442 e. The number of rotatable bonds is 8. The molecular formula is C27H36N4O2S. The second-order valence-corrected chi connectivity index (χ2v) is 10.5. The highest BCUT2D eigenvalue weighted by atomic mass is 32.1. The van der Waals surface area contributed by atoms with E-state index < -0.39 is 11.7 Å². The third-order valence-corrected chi connectivity index (χ3v) is 6.59. The van der Waals surface area contributed by atoms with Crippen molar-refractivity contribution in [1.82, 2.24) is 9.55 Å². The third-order valence-electron chi connectivity index (χ3n) is 5.67. The first-order chi connectivity index (χ1) is 16.1. The number of fused-ring (bicyclic) bond motifs is 1. The van der Waals surface area contributed by atoms with Crippen LogP contribution in [-0.4, -0.2) is 27.1 Å². The number of nitrogens with zero attached hydrogens (tertiary/aromatic N) is 3. The van der Waals surface area contributed by atoms with E-state index >= 15 is 0 Å². The second-order valence-electron chi connectivity index (χ2n) is 9.47. The summed E-state index contributed by atoms with van der Waals surface area (Å²) in [6, 6.07) is 6.11. The topological polar surface area (TPSA) is 82.5 Å². The number of pyridine rings is 1. The number of allylic oxidation sites excluding steroid dienone is 2. The van der Waals surface area contributed by atoms with Crippen LogP contribution in [0.4, 0.5) is 4.79 Å². The van der Waals surface area contributed by atoms with Crippen LogP contribution in [0.5, 0.6) is 0 Å². The predicted octanol–water partition coefficient (Wildman–Crippen LogP) is 7.08. The number of aromatic nitrogens is 2. The van der Waals surface area contributed by atoms with Crippen molar-refractivity contribution in [2.75, 3.05) is 0 Å². The van der Waals surface area contributed by atoms with E-state index in [0.29, 0.717) is 6.54 Å². The zero-order chi connectivity index (χ0) is 24.9. The van der Waals surface area contributed by atoms with Crippen molar-refractivity contribution in [2.24, 2.45) is 10.7 Å². The number of hydrogen-bond donors (Lipinski definition) is 1. The number of unbranched alkanes of at least 4 members (excludes halogenated alkanes) is 2. The molecule has 0 saturated carbocycles. The van der Waals surface area contributed by atoms with Crippen molar-refractivity contribution in [3.8, 4) is 0 Å². The molecule has 0 aromatic carbocycles. The molecule has 0 aliphatic heterocycles. The van der Waals surface area contributed by atoms with Gasteiger partial charge in [-0.15, -0.1) is 11.3 Å². The molecule has 0 unspecified atom stereocenters. The van der Waals surface area contributed by atoms with Crippen LogP contribution in [0, 0.1) is 6.92 Å². The molecule has 3 heterocycles. The van der Waals surface area contributed by atoms with Gasteiger partial charge in [0, 0.05) is 33.3 Å². The molecule has 0 aliphatic rings. The number of ether oxygens (including phenoxy) is 1. The lowest BCUT2D eigenvalue weighted by Crippen LogP contribution is -2.24. The average molecular weight is 481 g/mol. The molecule has 0 aliphatic carbocycles. The Labute approximate surface area is 206 Å². The zero-order valence-corrected chi connectivity index (χ0v) is 22.0. The van der Waals surface area contributed by atoms with Gasteiger partial charge in [0.25, 0.3) is 0 Å². The number of aliphatic imine (C=N–C) groups is 1. The zero-order valence-electron chi connectivity index (χ0n) is 21.1. The average Bonchev–Trinajstić information content (AvgIpc) is 3.34. The Morgan fingerprint density at radius 3 is 2.76 bits per heavy atom. The monoisotopic (exact) mass is 480 g/mol. The maximum atomic E-state index is 12.0. The number of carbonyl (C=O) groups is 1. The summed E-state index contributed by atoms with van der Waals surface area (Å²) in [4.78, 5) is 21.8. The number of carbonyl (C=O) groups excluding carboxylic acids is 1. The van der Waals surface area contributed by atoms with Crippen molar-refractivity contribution in [2.45, 2.75) is 79.4 Å². The van der Waals surface area contributed by atoms with E-state index in [2.05, 4.69) is 42.5 Å². The van der Waals surface area contributed by atoms with E-state index in [9.17, 15) is 4.79 Å². The molecule has 0 saturated heterocycles. The predicted molar refractivity (Wildman–Crippen MR) is 143 cm³/mol. The molecule has 0 fully saturated rings. The SMILES string of the molecule is CC=C(CCCCC)c1c(C)n(Cc2cc(C(N)=NC(=O)OC(C)(C)C)cs2)c2cccnc12. The molecule has 6 nitrogen and oxygen atoms in total. The minimum Gasteiger partial charge on any atom is -0.442 e. The fourth-order valence-corrected chi connectivity index (χ4v) is 4.93. The van der Waals surface area contributed by atoms with Gasteiger partial charge in [0.05, 0.1) is 17.6 Å². The van der Waals surface area contributed by atoms with Gasteiger partial charge in [0.1, 0.15) is 11.4 Å². The molecule has 3 rings (SSSR count). The van der Waals surface area contributed by atoms with Crippen molar-refractivity contribution in [1.29, 1.82) is 0 Å². The molecule has 0 radical (unpaired) electrons. The molecule has 7 heteroatoms. The molecule has 34 heavy (non-hydrogen) atoms. The van der Waals surface area contributed by atoms with Gasteiger partial charge < -0.3 is 15.0 Å². The molecule has 1 amide bonds. The second kappa shape index (κ2) is 11.0. The first-order valence-corrected chi connectivity index (χ1v) is 12.8. The highest BCUT2D eigenvalue weighted by Crippen LogP contribution is 2.34. The van der Waals surface area contributed by atoms with E-state index in [1.54, 1.807) is 32.1 Å². The van der Waals surface area contributed by atoms with Crippen LogP contribution in [0.2, 0.25) is 0 Å². The quantitative estimate of drug-likeness (QED) is 0.212. The standard InChI is InChI=1S/C27H36N4O2S/c1-7-9-10-12-19(8-2)23-18(3)31(22-13-11-14-29-24(22)23)16-21-15-20(17-34-21)25(28)30-26(32)33-27(4,5)6/h8,11,13-15,17H,7,9-10,12,16H2,1-6H3,(H2,28,30,32). The number of amides is 1. The summed E-state index contributed by atoms with van der Waals surface area (Å²) >= 11 is 1.60. The Bertz CT molecular complexity index is 1210. The van der Waals surface area contributed by atoms with Gasteiger partial charge in [-0.1, -0.05) is 25.8 Å². The smallest absolute Gasteiger partial charge is 0.436 e. The van der Waals surface area contributed by atoms with Gasteiger partial charge in [-0.3, -0.25) is 4.98 Å². The Hall–Kier alpha value is -2.93. The van der Waals surface area contributed by atoms with E-state index in [0.717, 1.165) is 27.9 Å². The fourth-order valence-electron chi connectivity index (χ4n) is 4.06.